The van der Waals surface area contributed by atoms with Crippen molar-refractivity contribution in [2.24, 2.45) is 17.8 Å². The first-order valence-electron chi connectivity index (χ1n) is 19.1. The summed E-state index contributed by atoms with van der Waals surface area (Å²) < 4.78 is 17.1. The van der Waals surface area contributed by atoms with E-state index in [2.05, 4.69) is 16.0 Å². The highest BCUT2D eigenvalue weighted by molar-refractivity contribution is 6.03. The van der Waals surface area contributed by atoms with Gasteiger partial charge in [0.1, 0.15) is 35.7 Å². The minimum atomic E-state index is -1.18. The Morgan fingerprint density at radius 1 is 0.927 bits per heavy atom. The van der Waals surface area contributed by atoms with E-state index in [-0.39, 0.29) is 24.3 Å². The zero-order chi connectivity index (χ0) is 39.6. The van der Waals surface area contributed by atoms with Crippen LogP contribution in [0.4, 0.5) is 0 Å². The predicted octanol–water partition coefficient (Wildman–Crippen LogP) is 5.35. The van der Waals surface area contributed by atoms with Crippen molar-refractivity contribution < 1.29 is 43.3 Å². The van der Waals surface area contributed by atoms with Gasteiger partial charge in [-0.25, -0.2) is 14.6 Å². The number of carboxylic acid groups (broad SMARTS) is 1. The number of hydrogen-bond acceptors (Lipinski definition) is 9. The number of nitrogens with one attached hydrogen (secondary N) is 3. The minimum absolute atomic E-state index is 0.0261. The highest BCUT2D eigenvalue weighted by Gasteiger charge is 2.40. The normalized spacial score (nSPS) is 18.8. The Hall–Kier alpha value is -5.46. The van der Waals surface area contributed by atoms with Gasteiger partial charge in [0.05, 0.1) is 31.3 Å². The second-order valence-corrected chi connectivity index (χ2v) is 14.6. The molecule has 2 aromatic carbocycles. The number of fused-ring (bicyclic) bond motifs is 1. The summed E-state index contributed by atoms with van der Waals surface area (Å²) in [7, 11) is 2.85. The van der Waals surface area contributed by atoms with Gasteiger partial charge in [-0.3, -0.25) is 14.4 Å². The lowest BCUT2D eigenvalue weighted by molar-refractivity contribution is -0.147. The van der Waals surface area contributed by atoms with E-state index in [9.17, 15) is 29.1 Å². The van der Waals surface area contributed by atoms with E-state index in [0.29, 0.717) is 34.5 Å². The van der Waals surface area contributed by atoms with E-state index in [1.54, 1.807) is 45.2 Å². The second kappa shape index (κ2) is 18.7. The first-order valence-corrected chi connectivity index (χ1v) is 19.1. The summed E-state index contributed by atoms with van der Waals surface area (Å²) in [6.07, 6.45) is 5.99. The van der Waals surface area contributed by atoms with Crippen LogP contribution in [0, 0.1) is 17.8 Å². The van der Waals surface area contributed by atoms with Crippen molar-refractivity contribution >= 4 is 40.6 Å². The summed E-state index contributed by atoms with van der Waals surface area (Å²) in [5, 5.41) is 18.8. The number of esters is 1. The Morgan fingerprint density at radius 2 is 1.65 bits per heavy atom. The Labute approximate surface area is 321 Å². The standard InChI is InChI=1S/C42H52N4O9/c1-6-13-32(41(50)51)44-38(47)30-20-28(55-35-23-33(25-14-9-7-10-15-25)43-34-22-27(53-4)18-19-29(34)35)21-31(30)39(48)45-36(24(2)3)40(49)46-37(42(52)54-5)26-16-11-8-12-17-26/h7,9-10,14-15,18-19,21-24,26,28,30,32,36-37H,6,8,11-13,16-17,20H2,1-5H3,(H,44,47)(H,45,48)(H,46,49)(H,50,51)/t28-,30-,32+,36?,37?/m1/s1. The molecule has 0 saturated heterocycles. The number of aliphatic carboxylic acids is 1. The largest absolute Gasteiger partial charge is 0.497 e. The van der Waals surface area contributed by atoms with Gasteiger partial charge in [0.15, 0.2) is 0 Å². The van der Waals surface area contributed by atoms with Crippen molar-refractivity contribution in [1.29, 1.82) is 0 Å². The van der Waals surface area contributed by atoms with Gasteiger partial charge in [-0.15, -0.1) is 0 Å². The van der Waals surface area contributed by atoms with E-state index < -0.39 is 65.7 Å². The quantitative estimate of drug-likeness (QED) is 0.139. The van der Waals surface area contributed by atoms with Gasteiger partial charge in [0.25, 0.3) is 0 Å². The highest BCUT2D eigenvalue weighted by atomic mass is 16.5. The van der Waals surface area contributed by atoms with Gasteiger partial charge >= 0.3 is 11.9 Å². The molecule has 5 atom stereocenters. The van der Waals surface area contributed by atoms with Crippen LogP contribution in [0.15, 0.2) is 66.2 Å². The number of hydrogen-bond donors (Lipinski definition) is 4. The number of rotatable bonds is 16. The Morgan fingerprint density at radius 3 is 2.29 bits per heavy atom. The fraction of sp³-hybridized carbons (Fsp3) is 0.476. The maximum atomic E-state index is 14.2. The molecule has 2 aliphatic rings. The third-order valence-electron chi connectivity index (χ3n) is 10.4. The number of benzene rings is 2. The first kappa shape index (κ1) is 40.7. The van der Waals surface area contributed by atoms with Crippen molar-refractivity contribution in [2.75, 3.05) is 14.2 Å². The van der Waals surface area contributed by atoms with Crippen LogP contribution in [0.1, 0.15) is 72.1 Å². The number of nitrogens with zero attached hydrogens (tertiary/aromatic N) is 1. The number of carbonyl (C=O) groups is 5. The van der Waals surface area contributed by atoms with E-state index in [4.69, 9.17) is 19.2 Å². The third-order valence-corrected chi connectivity index (χ3v) is 10.4. The van der Waals surface area contributed by atoms with Gasteiger partial charge in [-0.05, 0) is 49.3 Å². The molecule has 3 aromatic rings. The van der Waals surface area contributed by atoms with Gasteiger partial charge in [-0.2, -0.15) is 0 Å². The molecule has 2 unspecified atom stereocenters. The average molecular weight is 757 g/mol. The number of ether oxygens (including phenoxy) is 3. The number of amides is 3. The molecule has 5 rings (SSSR count). The smallest absolute Gasteiger partial charge is 0.328 e. The summed E-state index contributed by atoms with van der Waals surface area (Å²) in [6.45, 7) is 5.36. The van der Waals surface area contributed by atoms with Crippen LogP contribution in [0.2, 0.25) is 0 Å². The van der Waals surface area contributed by atoms with E-state index in [1.165, 1.54) is 7.11 Å². The summed E-state index contributed by atoms with van der Waals surface area (Å²) in [5.41, 5.74) is 2.14. The van der Waals surface area contributed by atoms with Crippen molar-refractivity contribution in [3.8, 4) is 22.8 Å². The molecular formula is C42H52N4O9. The molecule has 13 heteroatoms. The maximum Gasteiger partial charge on any atom is 0.328 e. The van der Waals surface area contributed by atoms with Crippen LogP contribution in [0.25, 0.3) is 22.2 Å². The molecule has 1 aromatic heterocycles. The first-order chi connectivity index (χ1) is 26.4. The fourth-order valence-corrected chi connectivity index (χ4v) is 7.41. The average Bonchev–Trinajstić information content (AvgIpc) is 3.62. The molecule has 3 amide bonds. The van der Waals surface area contributed by atoms with Crippen LogP contribution >= 0.6 is 0 Å². The molecule has 294 valence electrons. The van der Waals surface area contributed by atoms with Gasteiger partial charge < -0.3 is 35.3 Å². The highest BCUT2D eigenvalue weighted by Crippen LogP contribution is 2.36. The molecule has 1 fully saturated rings. The fourth-order valence-electron chi connectivity index (χ4n) is 7.41. The Balaban J connectivity index is 1.46. The van der Waals surface area contributed by atoms with Crippen molar-refractivity contribution in [3.63, 3.8) is 0 Å². The van der Waals surface area contributed by atoms with Gasteiger partial charge in [0, 0.05) is 35.1 Å². The lowest BCUT2D eigenvalue weighted by Gasteiger charge is -2.31. The number of carbonyl (C=O) groups excluding carboxylic acids is 4. The number of pyridine rings is 1. The molecule has 1 heterocycles. The van der Waals surface area contributed by atoms with Crippen molar-refractivity contribution in [1.82, 2.24) is 20.9 Å². The van der Waals surface area contributed by atoms with Crippen LogP contribution in [-0.4, -0.2) is 78.2 Å². The zero-order valence-corrected chi connectivity index (χ0v) is 32.1. The summed E-state index contributed by atoms with van der Waals surface area (Å²) in [4.78, 5) is 71.5. The predicted molar refractivity (Wildman–Crippen MR) is 206 cm³/mol. The molecular weight excluding hydrogens is 704 g/mol. The Kier molecular flexibility index (Phi) is 13.9. The molecule has 0 bridgehead atoms. The van der Waals surface area contributed by atoms with Crippen LogP contribution in [0.5, 0.6) is 11.5 Å². The zero-order valence-electron chi connectivity index (χ0n) is 32.1. The number of aromatic nitrogens is 1. The third kappa shape index (κ3) is 10.00. The van der Waals surface area contributed by atoms with Gasteiger partial charge in [-0.1, -0.05) is 76.8 Å². The summed E-state index contributed by atoms with van der Waals surface area (Å²) in [5.74, 6) is -4.10. The van der Waals surface area contributed by atoms with E-state index in [1.807, 2.05) is 43.3 Å². The number of methoxy groups -OCH3 is 2. The molecule has 0 radical (unpaired) electrons. The van der Waals surface area contributed by atoms with Crippen molar-refractivity contribution in [3.05, 3.63) is 66.2 Å². The van der Waals surface area contributed by atoms with Crippen LogP contribution in [-0.2, 0) is 28.7 Å². The molecule has 1 saturated carbocycles. The maximum absolute atomic E-state index is 14.2. The lowest BCUT2D eigenvalue weighted by Crippen LogP contribution is -2.56. The second-order valence-electron chi connectivity index (χ2n) is 14.6. The molecule has 4 N–H and O–H groups in total. The van der Waals surface area contributed by atoms with Gasteiger partial charge in [0.2, 0.25) is 17.7 Å². The van der Waals surface area contributed by atoms with Crippen molar-refractivity contribution in [2.45, 2.75) is 96.4 Å². The number of carboxylic acids is 1. The van der Waals surface area contributed by atoms with Crippen LogP contribution in [0.3, 0.4) is 0 Å². The minimum Gasteiger partial charge on any atom is -0.497 e. The molecule has 13 nitrogen and oxygen atoms in total. The molecule has 2 aliphatic carbocycles. The summed E-state index contributed by atoms with van der Waals surface area (Å²) >= 11 is 0. The topological polar surface area (TPSA) is 182 Å². The molecule has 55 heavy (non-hydrogen) atoms. The SMILES string of the molecule is CCC[C@H](NC(=O)[C@@H]1C[C@@H](Oc2cc(-c3ccccc3)nc3cc(OC)ccc23)C=C1C(=O)NC(C(=O)NC(C(=O)OC)C1CCCCC1)C(C)C)C(=O)O. The van der Waals surface area contributed by atoms with E-state index in [0.717, 1.165) is 37.7 Å². The van der Waals surface area contributed by atoms with Crippen LogP contribution < -0.4 is 25.4 Å². The molecule has 0 aliphatic heterocycles. The summed E-state index contributed by atoms with van der Waals surface area (Å²) in [6, 6.07) is 13.7. The monoisotopic (exact) mass is 756 g/mol. The molecule has 0 spiro atoms. The van der Waals surface area contributed by atoms with E-state index >= 15 is 0 Å². The Bertz CT molecular complexity index is 1890. The lowest BCUT2D eigenvalue weighted by atomic mass is 9.83.